The minimum atomic E-state index is -0.0669. The number of H-pyrrole nitrogens is 1. The Kier molecular flexibility index (Phi) is 4.37. The van der Waals surface area contributed by atoms with Gasteiger partial charge in [-0.2, -0.15) is 11.8 Å². The smallest absolute Gasteiger partial charge is 0.267 e. The van der Waals surface area contributed by atoms with Crippen LogP contribution >= 0.6 is 11.8 Å². The summed E-state index contributed by atoms with van der Waals surface area (Å²) in [7, 11) is 0. The first-order chi connectivity index (χ1) is 9.10. The summed E-state index contributed by atoms with van der Waals surface area (Å²) < 4.78 is 0. The molecule has 1 unspecified atom stereocenters. The number of aromatic nitrogens is 1. The van der Waals surface area contributed by atoms with Crippen LogP contribution < -0.4 is 11.1 Å². The van der Waals surface area contributed by atoms with E-state index in [0.29, 0.717) is 23.8 Å². The second kappa shape index (κ2) is 6.02. The average molecular weight is 277 g/mol. The van der Waals surface area contributed by atoms with Crippen molar-refractivity contribution >= 4 is 34.3 Å². The standard InChI is InChI=1S/C14H19N3OS/c1-9(8-19-2)7-16-14(18)13-6-10-5-11(15)3-4-12(10)17-13/h3-6,9,17H,7-8,15H2,1-2H3,(H,16,18). The third-order valence-electron chi connectivity index (χ3n) is 2.95. The average Bonchev–Trinajstić information content (AvgIpc) is 2.79. The van der Waals surface area contributed by atoms with Crippen LogP contribution in [0.5, 0.6) is 0 Å². The molecule has 1 amide bonds. The lowest BCUT2D eigenvalue weighted by atomic mass is 10.2. The van der Waals surface area contributed by atoms with Crippen LogP contribution in [0.25, 0.3) is 10.9 Å². The molecule has 4 N–H and O–H groups in total. The molecule has 0 aliphatic carbocycles. The van der Waals surface area contributed by atoms with Crippen LogP contribution in [0.15, 0.2) is 24.3 Å². The fourth-order valence-corrected chi connectivity index (χ4v) is 2.67. The SMILES string of the molecule is CSCC(C)CNC(=O)c1cc2cc(N)ccc2[nH]1. The van der Waals surface area contributed by atoms with Gasteiger partial charge in [0.2, 0.25) is 0 Å². The summed E-state index contributed by atoms with van der Waals surface area (Å²) in [6, 6.07) is 7.40. The Bertz CT molecular complexity index is 579. The van der Waals surface area contributed by atoms with E-state index in [1.807, 2.05) is 24.3 Å². The van der Waals surface area contributed by atoms with Crippen molar-refractivity contribution in [1.82, 2.24) is 10.3 Å². The third kappa shape index (κ3) is 3.44. The zero-order valence-corrected chi connectivity index (χ0v) is 12.0. The van der Waals surface area contributed by atoms with Crippen molar-refractivity contribution < 1.29 is 4.79 Å². The fraction of sp³-hybridized carbons (Fsp3) is 0.357. The van der Waals surface area contributed by atoms with Crippen LogP contribution in [0.1, 0.15) is 17.4 Å². The molecular weight excluding hydrogens is 258 g/mol. The number of thioether (sulfide) groups is 1. The highest BCUT2D eigenvalue weighted by molar-refractivity contribution is 7.98. The topological polar surface area (TPSA) is 70.9 Å². The van der Waals surface area contributed by atoms with Crippen LogP contribution in [0, 0.1) is 5.92 Å². The minimum absolute atomic E-state index is 0.0669. The Labute approximate surface area is 117 Å². The van der Waals surface area contributed by atoms with Crippen molar-refractivity contribution in [2.75, 3.05) is 24.3 Å². The summed E-state index contributed by atoms with van der Waals surface area (Å²) in [6.45, 7) is 2.82. The Morgan fingerprint density at radius 1 is 1.47 bits per heavy atom. The number of nitrogen functional groups attached to an aromatic ring is 1. The van der Waals surface area contributed by atoms with Gasteiger partial charge in [-0.3, -0.25) is 4.79 Å². The number of carbonyl (C=O) groups is 1. The number of benzene rings is 1. The largest absolute Gasteiger partial charge is 0.399 e. The highest BCUT2D eigenvalue weighted by atomic mass is 32.2. The highest BCUT2D eigenvalue weighted by Crippen LogP contribution is 2.18. The van der Waals surface area contributed by atoms with E-state index in [2.05, 4.69) is 23.5 Å². The van der Waals surface area contributed by atoms with Crippen molar-refractivity contribution in [1.29, 1.82) is 0 Å². The molecule has 0 saturated carbocycles. The number of anilines is 1. The normalized spacial score (nSPS) is 12.5. The number of fused-ring (bicyclic) bond motifs is 1. The van der Waals surface area contributed by atoms with Gasteiger partial charge in [-0.05, 0) is 42.2 Å². The van der Waals surface area contributed by atoms with Gasteiger partial charge >= 0.3 is 0 Å². The summed E-state index contributed by atoms with van der Waals surface area (Å²) >= 11 is 1.79. The molecule has 4 nitrogen and oxygen atoms in total. The lowest BCUT2D eigenvalue weighted by molar-refractivity contribution is 0.0945. The van der Waals surface area contributed by atoms with E-state index in [-0.39, 0.29) is 5.91 Å². The van der Waals surface area contributed by atoms with E-state index in [1.54, 1.807) is 11.8 Å². The quantitative estimate of drug-likeness (QED) is 0.735. The summed E-state index contributed by atoms with van der Waals surface area (Å²) in [5.41, 5.74) is 7.93. The second-order valence-corrected chi connectivity index (χ2v) is 5.71. The van der Waals surface area contributed by atoms with E-state index in [9.17, 15) is 4.79 Å². The van der Waals surface area contributed by atoms with Crippen LogP contribution in [0.2, 0.25) is 0 Å². The first kappa shape index (κ1) is 13.8. The fourth-order valence-electron chi connectivity index (χ4n) is 1.98. The van der Waals surface area contributed by atoms with Gasteiger partial charge in [-0.1, -0.05) is 6.92 Å². The number of rotatable bonds is 5. The molecule has 1 heterocycles. The molecule has 0 bridgehead atoms. The van der Waals surface area contributed by atoms with Crippen molar-refractivity contribution in [2.45, 2.75) is 6.92 Å². The zero-order valence-electron chi connectivity index (χ0n) is 11.2. The van der Waals surface area contributed by atoms with Gasteiger partial charge in [-0.25, -0.2) is 0 Å². The van der Waals surface area contributed by atoms with E-state index < -0.39 is 0 Å². The third-order valence-corrected chi connectivity index (χ3v) is 3.85. The summed E-state index contributed by atoms with van der Waals surface area (Å²) in [5.74, 6) is 1.45. The number of nitrogens with one attached hydrogen (secondary N) is 2. The second-order valence-electron chi connectivity index (χ2n) is 4.80. The molecule has 0 saturated heterocycles. The van der Waals surface area contributed by atoms with Crippen molar-refractivity contribution in [3.63, 3.8) is 0 Å². The zero-order chi connectivity index (χ0) is 13.8. The number of hydrogen-bond donors (Lipinski definition) is 3. The number of carbonyl (C=O) groups excluding carboxylic acids is 1. The maximum absolute atomic E-state index is 12.0. The molecule has 102 valence electrons. The molecule has 0 aliphatic heterocycles. The van der Waals surface area contributed by atoms with Gasteiger partial charge in [-0.15, -0.1) is 0 Å². The Morgan fingerprint density at radius 3 is 3.00 bits per heavy atom. The predicted molar refractivity (Wildman–Crippen MR) is 82.6 cm³/mol. The molecule has 1 atom stereocenters. The monoisotopic (exact) mass is 277 g/mol. The molecule has 19 heavy (non-hydrogen) atoms. The van der Waals surface area contributed by atoms with Gasteiger partial charge in [0, 0.05) is 23.1 Å². The van der Waals surface area contributed by atoms with Crippen molar-refractivity contribution in [2.24, 2.45) is 5.92 Å². The summed E-state index contributed by atoms with van der Waals surface area (Å²) in [4.78, 5) is 15.1. The molecule has 0 radical (unpaired) electrons. The van der Waals surface area contributed by atoms with Gasteiger partial charge in [0.1, 0.15) is 5.69 Å². The highest BCUT2D eigenvalue weighted by Gasteiger charge is 2.10. The molecule has 0 fully saturated rings. The molecule has 5 heteroatoms. The van der Waals surface area contributed by atoms with Crippen LogP contribution in [0.3, 0.4) is 0 Å². The summed E-state index contributed by atoms with van der Waals surface area (Å²) in [5, 5.41) is 3.90. The molecule has 1 aromatic carbocycles. The lowest BCUT2D eigenvalue weighted by Gasteiger charge is -2.10. The van der Waals surface area contributed by atoms with Gasteiger partial charge in [0.25, 0.3) is 5.91 Å². The van der Waals surface area contributed by atoms with Crippen LogP contribution in [-0.4, -0.2) is 29.4 Å². The van der Waals surface area contributed by atoms with E-state index in [1.165, 1.54) is 0 Å². The molecule has 2 aromatic rings. The first-order valence-electron chi connectivity index (χ1n) is 6.25. The maximum Gasteiger partial charge on any atom is 0.267 e. The van der Waals surface area contributed by atoms with E-state index in [4.69, 9.17) is 5.73 Å². The van der Waals surface area contributed by atoms with Crippen LogP contribution in [-0.2, 0) is 0 Å². The Balaban J connectivity index is 2.05. The Morgan fingerprint density at radius 2 is 2.26 bits per heavy atom. The first-order valence-corrected chi connectivity index (χ1v) is 7.65. The predicted octanol–water partition coefficient (Wildman–Crippen LogP) is 2.48. The maximum atomic E-state index is 12.0. The van der Waals surface area contributed by atoms with Crippen molar-refractivity contribution in [3.8, 4) is 0 Å². The van der Waals surface area contributed by atoms with Gasteiger partial charge in [0.05, 0.1) is 0 Å². The molecule has 0 aliphatic rings. The lowest BCUT2D eigenvalue weighted by Crippen LogP contribution is -2.29. The van der Waals surface area contributed by atoms with Crippen molar-refractivity contribution in [3.05, 3.63) is 30.0 Å². The number of hydrogen-bond acceptors (Lipinski definition) is 3. The number of nitrogens with two attached hydrogens (primary N) is 1. The Hall–Kier alpha value is -1.62. The van der Waals surface area contributed by atoms with E-state index in [0.717, 1.165) is 16.7 Å². The summed E-state index contributed by atoms with van der Waals surface area (Å²) in [6.07, 6.45) is 2.07. The number of amides is 1. The number of aromatic amines is 1. The van der Waals surface area contributed by atoms with Gasteiger partial charge in [0.15, 0.2) is 0 Å². The van der Waals surface area contributed by atoms with Gasteiger partial charge < -0.3 is 16.0 Å². The molecule has 2 rings (SSSR count). The minimum Gasteiger partial charge on any atom is -0.399 e. The van der Waals surface area contributed by atoms with Crippen LogP contribution in [0.4, 0.5) is 5.69 Å². The molecule has 1 aromatic heterocycles. The molecule has 0 spiro atoms. The van der Waals surface area contributed by atoms with E-state index >= 15 is 0 Å². The molecular formula is C14H19N3OS.